The molecule has 25 heavy (non-hydrogen) atoms. The van der Waals surface area contributed by atoms with Gasteiger partial charge in [-0.2, -0.15) is 0 Å². The van der Waals surface area contributed by atoms with E-state index >= 15 is 0 Å². The van der Waals surface area contributed by atoms with Crippen LogP contribution in [0.25, 0.3) is 0 Å². The number of hydrogen-bond acceptors (Lipinski definition) is 4. The Balaban J connectivity index is 1.34. The monoisotopic (exact) mass is 355 g/mol. The quantitative estimate of drug-likeness (QED) is 0.917. The summed E-state index contributed by atoms with van der Waals surface area (Å²) in [5.74, 6) is 0.252. The first kappa shape index (κ1) is 16.3. The Morgan fingerprint density at radius 1 is 1.44 bits per heavy atom. The van der Waals surface area contributed by atoms with E-state index in [4.69, 9.17) is 0 Å². The van der Waals surface area contributed by atoms with Gasteiger partial charge >= 0.3 is 0 Å². The molecule has 2 atom stereocenters. The van der Waals surface area contributed by atoms with Gasteiger partial charge in [0.1, 0.15) is 0 Å². The summed E-state index contributed by atoms with van der Waals surface area (Å²) in [6, 6.07) is 5.80. The molecule has 2 amide bonds. The van der Waals surface area contributed by atoms with Crippen LogP contribution >= 0.6 is 11.3 Å². The standard InChI is InChI=1S/C19H21N3O2S/c1-13-4-8-25-16(13)18(24)22-7-5-19(12-22)9-15(19)17(23)21-11-14-3-2-6-20-10-14/h2-4,6,8,10,15H,5,7,9,11-12H2,1H3,(H,21,23)/t15-,19-/m1/s1. The van der Waals surface area contributed by atoms with Crippen LogP contribution in [0.15, 0.2) is 36.0 Å². The minimum absolute atomic E-state index is 0.000153. The largest absolute Gasteiger partial charge is 0.352 e. The zero-order valence-electron chi connectivity index (χ0n) is 14.2. The van der Waals surface area contributed by atoms with E-state index in [2.05, 4.69) is 10.3 Å². The predicted molar refractivity (Wildman–Crippen MR) is 96.2 cm³/mol. The Bertz CT molecular complexity index is 804. The molecule has 130 valence electrons. The molecule has 1 saturated heterocycles. The lowest BCUT2D eigenvalue weighted by atomic mass is 10.0. The average Bonchev–Trinajstić information content (AvgIpc) is 2.93. The third kappa shape index (κ3) is 3.06. The normalized spacial score (nSPS) is 24.5. The molecule has 0 bridgehead atoms. The fourth-order valence-electron chi connectivity index (χ4n) is 3.79. The van der Waals surface area contributed by atoms with Crippen molar-refractivity contribution in [2.24, 2.45) is 11.3 Å². The van der Waals surface area contributed by atoms with Gasteiger partial charge in [0, 0.05) is 43.4 Å². The van der Waals surface area contributed by atoms with E-state index in [1.165, 1.54) is 11.3 Å². The highest BCUT2D eigenvalue weighted by Gasteiger charge is 2.61. The van der Waals surface area contributed by atoms with Gasteiger partial charge in [-0.1, -0.05) is 6.07 Å². The molecular formula is C19H21N3O2S. The number of carbonyl (C=O) groups excluding carboxylic acids is 2. The second-order valence-corrected chi connectivity index (χ2v) is 8.02. The smallest absolute Gasteiger partial charge is 0.264 e. The van der Waals surface area contributed by atoms with Crippen LogP contribution in [0.1, 0.15) is 33.6 Å². The maximum Gasteiger partial charge on any atom is 0.264 e. The molecule has 0 aromatic carbocycles. The van der Waals surface area contributed by atoms with Crippen LogP contribution in [-0.2, 0) is 11.3 Å². The Labute approximate surface area is 151 Å². The summed E-state index contributed by atoms with van der Waals surface area (Å²) in [5.41, 5.74) is 2.04. The Morgan fingerprint density at radius 2 is 2.32 bits per heavy atom. The highest BCUT2D eigenvalue weighted by atomic mass is 32.1. The maximum absolute atomic E-state index is 12.7. The summed E-state index contributed by atoms with van der Waals surface area (Å²) in [6.07, 6.45) is 5.30. The Hall–Kier alpha value is -2.21. The van der Waals surface area contributed by atoms with Gasteiger partial charge < -0.3 is 10.2 Å². The van der Waals surface area contributed by atoms with Crippen molar-refractivity contribution < 1.29 is 9.59 Å². The number of likely N-dealkylation sites (tertiary alicyclic amines) is 1. The molecule has 1 aliphatic heterocycles. The lowest BCUT2D eigenvalue weighted by molar-refractivity contribution is -0.123. The fourth-order valence-corrected chi connectivity index (χ4v) is 4.68. The predicted octanol–water partition coefficient (Wildman–Crippen LogP) is 2.62. The SMILES string of the molecule is Cc1ccsc1C(=O)N1CC[C@@]2(C[C@@H]2C(=O)NCc2cccnc2)C1. The summed E-state index contributed by atoms with van der Waals surface area (Å²) in [6.45, 7) is 3.94. The lowest BCUT2D eigenvalue weighted by Crippen LogP contribution is -2.31. The minimum atomic E-state index is -0.000153. The van der Waals surface area contributed by atoms with Gasteiger partial charge in [0.15, 0.2) is 0 Å². The molecular weight excluding hydrogens is 334 g/mol. The third-order valence-electron chi connectivity index (χ3n) is 5.42. The second kappa shape index (κ2) is 6.26. The van der Waals surface area contributed by atoms with Gasteiger partial charge in [-0.05, 0) is 48.4 Å². The van der Waals surface area contributed by atoms with Crippen molar-refractivity contribution in [2.75, 3.05) is 13.1 Å². The van der Waals surface area contributed by atoms with Gasteiger partial charge in [-0.25, -0.2) is 0 Å². The molecule has 1 spiro atoms. The lowest BCUT2D eigenvalue weighted by Gasteiger charge is -2.16. The van der Waals surface area contributed by atoms with Crippen molar-refractivity contribution in [3.05, 3.63) is 52.0 Å². The van der Waals surface area contributed by atoms with E-state index in [-0.39, 0.29) is 23.1 Å². The van der Waals surface area contributed by atoms with E-state index in [9.17, 15) is 9.59 Å². The summed E-state index contributed by atoms with van der Waals surface area (Å²) in [4.78, 5) is 31.9. The zero-order valence-corrected chi connectivity index (χ0v) is 15.0. The number of nitrogens with zero attached hydrogens (tertiary/aromatic N) is 2. The van der Waals surface area contributed by atoms with Crippen molar-refractivity contribution in [1.29, 1.82) is 0 Å². The summed E-state index contributed by atoms with van der Waals surface area (Å²) in [7, 11) is 0. The van der Waals surface area contributed by atoms with Crippen LogP contribution in [0.5, 0.6) is 0 Å². The highest BCUT2D eigenvalue weighted by Crippen LogP contribution is 2.58. The fraction of sp³-hybridized carbons (Fsp3) is 0.421. The molecule has 2 aromatic heterocycles. The van der Waals surface area contributed by atoms with Crippen LogP contribution in [-0.4, -0.2) is 34.8 Å². The van der Waals surface area contributed by atoms with Gasteiger partial charge in [0.2, 0.25) is 5.91 Å². The molecule has 1 saturated carbocycles. The molecule has 3 heterocycles. The number of nitrogens with one attached hydrogen (secondary N) is 1. The van der Waals surface area contributed by atoms with Crippen LogP contribution < -0.4 is 5.32 Å². The van der Waals surface area contributed by atoms with Crippen LogP contribution in [0.2, 0.25) is 0 Å². The second-order valence-electron chi connectivity index (χ2n) is 7.11. The number of carbonyl (C=O) groups is 2. The van der Waals surface area contributed by atoms with E-state index in [1.54, 1.807) is 12.4 Å². The van der Waals surface area contributed by atoms with Crippen molar-refractivity contribution in [1.82, 2.24) is 15.2 Å². The molecule has 6 heteroatoms. The molecule has 5 nitrogen and oxygen atoms in total. The molecule has 0 radical (unpaired) electrons. The van der Waals surface area contributed by atoms with Crippen LogP contribution in [0.4, 0.5) is 0 Å². The number of hydrogen-bond donors (Lipinski definition) is 1. The number of rotatable bonds is 4. The summed E-state index contributed by atoms with van der Waals surface area (Å²) < 4.78 is 0. The maximum atomic E-state index is 12.7. The molecule has 4 rings (SSSR count). The molecule has 2 fully saturated rings. The number of aromatic nitrogens is 1. The number of amides is 2. The van der Waals surface area contributed by atoms with E-state index in [1.807, 2.05) is 35.4 Å². The molecule has 0 unspecified atom stereocenters. The Morgan fingerprint density at radius 3 is 3.04 bits per heavy atom. The van der Waals surface area contributed by atoms with Gasteiger partial charge in [0.25, 0.3) is 5.91 Å². The van der Waals surface area contributed by atoms with E-state index in [0.29, 0.717) is 13.1 Å². The van der Waals surface area contributed by atoms with Gasteiger partial charge in [0.05, 0.1) is 4.88 Å². The minimum Gasteiger partial charge on any atom is -0.352 e. The summed E-state index contributed by atoms with van der Waals surface area (Å²) >= 11 is 1.50. The highest BCUT2D eigenvalue weighted by molar-refractivity contribution is 7.12. The molecule has 2 aliphatic rings. The van der Waals surface area contributed by atoms with Crippen LogP contribution in [0.3, 0.4) is 0 Å². The average molecular weight is 355 g/mol. The van der Waals surface area contributed by atoms with E-state index < -0.39 is 0 Å². The Kier molecular flexibility index (Phi) is 4.07. The van der Waals surface area contributed by atoms with Crippen molar-refractivity contribution >= 4 is 23.2 Å². The first-order valence-corrected chi connectivity index (χ1v) is 9.47. The zero-order chi connectivity index (χ0) is 17.4. The van der Waals surface area contributed by atoms with Crippen molar-refractivity contribution in [3.63, 3.8) is 0 Å². The molecule has 1 aliphatic carbocycles. The first-order chi connectivity index (χ1) is 12.1. The molecule has 1 N–H and O–H groups in total. The van der Waals surface area contributed by atoms with Crippen molar-refractivity contribution in [3.8, 4) is 0 Å². The van der Waals surface area contributed by atoms with Crippen molar-refractivity contribution in [2.45, 2.75) is 26.3 Å². The number of thiophene rings is 1. The number of pyridine rings is 1. The summed E-state index contributed by atoms with van der Waals surface area (Å²) in [5, 5.41) is 4.97. The first-order valence-electron chi connectivity index (χ1n) is 8.59. The van der Waals surface area contributed by atoms with Gasteiger partial charge in [-0.3, -0.25) is 14.6 Å². The van der Waals surface area contributed by atoms with Crippen LogP contribution in [0, 0.1) is 18.3 Å². The topological polar surface area (TPSA) is 62.3 Å². The number of aryl methyl sites for hydroxylation is 1. The van der Waals surface area contributed by atoms with E-state index in [0.717, 1.165) is 35.4 Å². The van der Waals surface area contributed by atoms with Gasteiger partial charge in [-0.15, -0.1) is 11.3 Å². The third-order valence-corrected chi connectivity index (χ3v) is 6.43. The molecule has 2 aromatic rings.